The van der Waals surface area contributed by atoms with Gasteiger partial charge < -0.3 is 10.9 Å². The van der Waals surface area contributed by atoms with E-state index in [0.29, 0.717) is 0 Å². The van der Waals surface area contributed by atoms with Gasteiger partial charge in [-0.05, 0) is 0 Å². The van der Waals surface area contributed by atoms with Crippen LogP contribution >= 0.6 is 19.8 Å². The van der Waals surface area contributed by atoms with Crippen LogP contribution < -0.4 is 17.4 Å². The fourth-order valence-electron chi connectivity index (χ4n) is 2.18. The third kappa shape index (κ3) is 3.17. The third-order valence-corrected chi connectivity index (χ3v) is 4.39. The highest BCUT2D eigenvalue weighted by Gasteiger charge is 2.55. The fraction of sp³-hybridized carbons (Fsp3) is 0.556. The van der Waals surface area contributed by atoms with Gasteiger partial charge in [0, 0.05) is 12.6 Å². The minimum Gasteiger partial charge on any atom is -0.349 e. The zero-order chi connectivity index (χ0) is 14.5. The summed E-state index contributed by atoms with van der Waals surface area (Å²) in [6.45, 7) is -0.0478. The van der Waals surface area contributed by atoms with Gasteiger partial charge in [0.25, 0.3) is 5.56 Å². The van der Waals surface area contributed by atoms with Crippen LogP contribution in [0.5, 0.6) is 0 Å². The predicted octanol–water partition coefficient (Wildman–Crippen LogP) is -0.283. The van der Waals surface area contributed by atoms with Crippen molar-refractivity contribution < 1.29 is 23.6 Å². The molecule has 12 heteroatoms. The van der Waals surface area contributed by atoms with Crippen molar-refractivity contribution >= 4 is 19.8 Å². The maximum absolute atomic E-state index is 11.7. The lowest BCUT2D eigenvalue weighted by Gasteiger charge is -2.23. The van der Waals surface area contributed by atoms with E-state index in [0.717, 1.165) is 4.57 Å². The third-order valence-electron chi connectivity index (χ3n) is 3.09. The lowest BCUT2D eigenvalue weighted by atomic mass is 10.2. The van der Waals surface area contributed by atoms with Crippen molar-refractivity contribution in [3.05, 3.63) is 32.1 Å². The Kier molecular flexibility index (Phi) is 4.52. The van der Waals surface area contributed by atoms with Crippen molar-refractivity contribution in [2.24, 2.45) is 0 Å². The van der Waals surface area contributed by atoms with Crippen LogP contribution in [0.1, 0.15) is 12.6 Å². The molecule has 1 aromatic heterocycles. The summed E-state index contributed by atoms with van der Waals surface area (Å²) < 4.78 is 16.4. The molecular formula is C9H14ClN3O7P+. The first kappa shape index (κ1) is 16.5. The number of aromatic amines is 1. The first-order chi connectivity index (χ1) is 9.35. The van der Waals surface area contributed by atoms with Crippen molar-refractivity contribution in [3.8, 4) is 0 Å². The summed E-state index contributed by atoms with van der Waals surface area (Å²) in [5.41, 5.74) is -1.35. The monoisotopic (exact) mass is 342 g/mol. The molecule has 0 unspecified atom stereocenters. The molecule has 2 saturated heterocycles. The molecular weight excluding hydrogens is 329 g/mol. The van der Waals surface area contributed by atoms with Gasteiger partial charge in [-0.3, -0.25) is 14.3 Å². The molecule has 6 N–H and O–H groups in total. The summed E-state index contributed by atoms with van der Waals surface area (Å²) in [6, 6.07) is 0. The van der Waals surface area contributed by atoms with Crippen molar-refractivity contribution in [1.29, 1.82) is 0 Å². The molecule has 3 heterocycles. The lowest BCUT2D eigenvalue weighted by molar-refractivity contribution is -0.0763. The van der Waals surface area contributed by atoms with Crippen LogP contribution in [0, 0.1) is 0 Å². The summed E-state index contributed by atoms with van der Waals surface area (Å²) in [7, 11) is -3.81. The molecule has 0 radical (unpaired) electrons. The number of fused-ring (bicyclic) bond motifs is 1. The van der Waals surface area contributed by atoms with E-state index in [2.05, 4.69) is 4.98 Å². The van der Waals surface area contributed by atoms with Crippen molar-refractivity contribution in [3.63, 3.8) is 0 Å². The van der Waals surface area contributed by atoms with Crippen LogP contribution in [0.3, 0.4) is 0 Å². The van der Waals surface area contributed by atoms with E-state index in [1.165, 1.54) is 6.20 Å². The highest BCUT2D eigenvalue weighted by atomic mass is 35.5. The second-order valence-corrected chi connectivity index (χ2v) is 6.30. The normalized spacial score (nSPS) is 30.5. The van der Waals surface area contributed by atoms with Crippen LogP contribution in [0.4, 0.5) is 0 Å². The van der Waals surface area contributed by atoms with Crippen LogP contribution in [-0.4, -0.2) is 38.2 Å². The predicted molar refractivity (Wildman–Crippen MR) is 72.1 cm³/mol. The number of hydrogen-bond acceptors (Lipinski definition) is 8. The van der Waals surface area contributed by atoms with Crippen molar-refractivity contribution in [1.82, 2.24) is 15.7 Å². The van der Waals surface area contributed by atoms with Crippen LogP contribution in [0.25, 0.3) is 0 Å². The first-order valence-corrected chi connectivity index (χ1v) is 7.60. The molecule has 0 bridgehead atoms. The summed E-state index contributed by atoms with van der Waals surface area (Å²) in [5.74, 6) is 0. The van der Waals surface area contributed by atoms with Gasteiger partial charge in [0.1, 0.15) is 30.1 Å². The average Bonchev–Trinajstić information content (AvgIpc) is 2.74. The van der Waals surface area contributed by atoms with E-state index >= 15 is 0 Å². The smallest absolute Gasteiger partial charge is 0.349 e. The van der Waals surface area contributed by atoms with E-state index < -0.39 is 37.9 Å². The highest BCUT2D eigenvalue weighted by Crippen LogP contribution is 2.58. The molecule has 1 aromatic rings. The Labute approximate surface area is 123 Å². The SMILES string of the molecule is N.O=c1[nH]c(=O)n([C@H]2C[C@@H]3O[P+](O)(O)OC[C@H]3O2)cc1Cl. The van der Waals surface area contributed by atoms with E-state index in [1.807, 2.05) is 0 Å². The van der Waals surface area contributed by atoms with Gasteiger partial charge in [-0.15, -0.1) is 4.52 Å². The molecule has 3 atom stereocenters. The molecule has 10 nitrogen and oxygen atoms in total. The standard InChI is InChI=1S/C9H10ClN2O7P.H3N/c10-4-2-12(9(14)11-8(4)13)7-1-5-6(18-7)3-17-20(15,16)19-5;/h2,5-7,15-16H,1,3H2;1H3/p+1/t5-,6+,7+;/m0./s1. The number of aromatic nitrogens is 2. The lowest BCUT2D eigenvalue weighted by Crippen LogP contribution is -2.34. The minimum atomic E-state index is -3.81. The summed E-state index contributed by atoms with van der Waals surface area (Å²) in [5, 5.41) is -0.147. The van der Waals surface area contributed by atoms with E-state index in [9.17, 15) is 19.4 Å². The Bertz CT molecular complexity index is 647. The van der Waals surface area contributed by atoms with Crippen molar-refractivity contribution in [2.75, 3.05) is 6.61 Å². The molecule has 3 rings (SSSR count). The molecule has 118 valence electrons. The number of H-pyrrole nitrogens is 1. The first-order valence-electron chi connectivity index (χ1n) is 5.69. The van der Waals surface area contributed by atoms with Crippen LogP contribution in [0.15, 0.2) is 15.8 Å². The topological polar surface area (TPSA) is 158 Å². The molecule has 0 aliphatic carbocycles. The van der Waals surface area contributed by atoms with Crippen LogP contribution in [0.2, 0.25) is 5.02 Å². The largest absolute Gasteiger partial charge is 0.570 e. The molecule has 21 heavy (non-hydrogen) atoms. The number of halogens is 1. The fourth-order valence-corrected chi connectivity index (χ4v) is 3.31. The Hall–Kier alpha value is -0.840. The quantitative estimate of drug-likeness (QED) is 0.507. The summed E-state index contributed by atoms with van der Waals surface area (Å²) >= 11 is 5.67. The van der Waals surface area contributed by atoms with Gasteiger partial charge in [0.05, 0.1) is 0 Å². The van der Waals surface area contributed by atoms with E-state index in [1.54, 1.807) is 0 Å². The van der Waals surface area contributed by atoms with Gasteiger partial charge in [-0.1, -0.05) is 11.6 Å². The number of ether oxygens (including phenoxy) is 1. The second kappa shape index (κ2) is 5.75. The Morgan fingerprint density at radius 2 is 2.10 bits per heavy atom. The summed E-state index contributed by atoms with van der Waals surface area (Å²) in [4.78, 5) is 43.7. The number of rotatable bonds is 1. The summed E-state index contributed by atoms with van der Waals surface area (Å²) in [6.07, 6.45) is -0.473. The second-order valence-electron chi connectivity index (χ2n) is 4.44. The molecule has 2 aliphatic heterocycles. The van der Waals surface area contributed by atoms with Gasteiger partial charge in [0.15, 0.2) is 0 Å². The van der Waals surface area contributed by atoms with Gasteiger partial charge in [-0.2, -0.15) is 14.3 Å². The number of nitrogens with zero attached hydrogens (tertiary/aromatic N) is 1. The molecule has 2 aliphatic rings. The zero-order valence-corrected chi connectivity index (χ0v) is 12.3. The van der Waals surface area contributed by atoms with Gasteiger partial charge in [-0.25, -0.2) is 4.79 Å². The molecule has 0 aromatic carbocycles. The average molecular weight is 343 g/mol. The number of nitrogens with one attached hydrogen (secondary N) is 1. The minimum absolute atomic E-state index is 0. The molecule has 0 saturated carbocycles. The maximum atomic E-state index is 11.7. The van der Waals surface area contributed by atoms with Crippen LogP contribution in [-0.2, 0) is 13.8 Å². The van der Waals surface area contributed by atoms with Gasteiger partial charge >= 0.3 is 13.9 Å². The molecule has 0 spiro atoms. The highest BCUT2D eigenvalue weighted by molar-refractivity contribution is 7.54. The molecule has 0 amide bonds. The van der Waals surface area contributed by atoms with Gasteiger partial charge in [0.2, 0.25) is 0 Å². The zero-order valence-electron chi connectivity index (χ0n) is 10.6. The number of hydrogen-bond donors (Lipinski definition) is 4. The van der Waals surface area contributed by atoms with Crippen molar-refractivity contribution in [2.45, 2.75) is 24.9 Å². The Morgan fingerprint density at radius 3 is 2.81 bits per heavy atom. The Balaban J connectivity index is 0.00000161. The van der Waals surface area contributed by atoms with E-state index in [-0.39, 0.29) is 24.2 Å². The molecule has 2 fully saturated rings. The maximum Gasteiger partial charge on any atom is 0.570 e. The van der Waals surface area contributed by atoms with E-state index in [4.69, 9.17) is 25.4 Å². The Morgan fingerprint density at radius 1 is 1.38 bits per heavy atom.